The molecule has 2 rings (SSSR count). The molecule has 1 aromatic rings. The molecule has 1 aliphatic rings. The van der Waals surface area contributed by atoms with Crippen LogP contribution in [0.5, 0.6) is 0 Å². The van der Waals surface area contributed by atoms with Gasteiger partial charge in [0.2, 0.25) is 0 Å². The Kier molecular flexibility index (Phi) is 4.37. The van der Waals surface area contributed by atoms with Crippen molar-refractivity contribution in [2.24, 2.45) is 0 Å². The predicted molar refractivity (Wildman–Crippen MR) is 71.7 cm³/mol. The Morgan fingerprint density at radius 1 is 1.21 bits per heavy atom. The van der Waals surface area contributed by atoms with Crippen molar-refractivity contribution in [3.8, 4) is 0 Å². The fourth-order valence-corrected chi connectivity index (χ4v) is 2.34. The molecule has 1 aliphatic heterocycles. The number of rotatable bonds is 3. The minimum atomic E-state index is -0.221. The second-order valence-corrected chi connectivity index (χ2v) is 4.70. The van der Waals surface area contributed by atoms with Gasteiger partial charge in [-0.1, -0.05) is 0 Å². The van der Waals surface area contributed by atoms with Crippen molar-refractivity contribution in [2.45, 2.75) is 13.0 Å². The normalized spacial score (nSPS) is 18.2. The summed E-state index contributed by atoms with van der Waals surface area (Å²) in [6, 6.07) is 6.31. The second-order valence-electron chi connectivity index (χ2n) is 4.70. The molecule has 4 nitrogen and oxygen atoms in total. The summed E-state index contributed by atoms with van der Waals surface area (Å²) in [6.07, 6.45) is 0. The molecule has 0 spiro atoms. The number of ether oxygens (including phenoxy) is 1. The number of esters is 1. The first kappa shape index (κ1) is 13.8. The van der Waals surface area contributed by atoms with Crippen LogP contribution in [0.15, 0.2) is 24.3 Å². The molecule has 1 unspecified atom stereocenters. The van der Waals surface area contributed by atoms with Crippen molar-refractivity contribution in [3.05, 3.63) is 30.1 Å². The summed E-state index contributed by atoms with van der Waals surface area (Å²) in [5, 5.41) is 0. The van der Waals surface area contributed by atoms with E-state index in [9.17, 15) is 9.18 Å². The Morgan fingerprint density at radius 2 is 1.79 bits per heavy atom. The van der Waals surface area contributed by atoms with Crippen LogP contribution in [0.25, 0.3) is 0 Å². The fourth-order valence-electron chi connectivity index (χ4n) is 2.34. The van der Waals surface area contributed by atoms with Gasteiger partial charge in [-0.2, -0.15) is 0 Å². The summed E-state index contributed by atoms with van der Waals surface area (Å²) in [5.74, 6) is -0.420. The number of methoxy groups -OCH3 is 1. The van der Waals surface area contributed by atoms with Crippen LogP contribution in [0.2, 0.25) is 0 Å². The van der Waals surface area contributed by atoms with E-state index in [1.54, 1.807) is 12.1 Å². The summed E-state index contributed by atoms with van der Waals surface area (Å²) < 4.78 is 17.6. The van der Waals surface area contributed by atoms with E-state index in [0.717, 1.165) is 31.9 Å². The highest BCUT2D eigenvalue weighted by atomic mass is 19.1. The molecule has 104 valence electrons. The lowest BCUT2D eigenvalue weighted by molar-refractivity contribution is -0.146. The van der Waals surface area contributed by atoms with Crippen LogP contribution in [0, 0.1) is 5.82 Å². The van der Waals surface area contributed by atoms with Gasteiger partial charge in [-0.05, 0) is 31.2 Å². The van der Waals surface area contributed by atoms with Gasteiger partial charge >= 0.3 is 5.97 Å². The van der Waals surface area contributed by atoms with Gasteiger partial charge in [0.05, 0.1) is 7.11 Å². The van der Waals surface area contributed by atoms with E-state index in [1.165, 1.54) is 19.2 Å². The van der Waals surface area contributed by atoms with Gasteiger partial charge < -0.3 is 9.64 Å². The largest absolute Gasteiger partial charge is 0.468 e. The van der Waals surface area contributed by atoms with Crippen LogP contribution in [0.1, 0.15) is 6.92 Å². The smallest absolute Gasteiger partial charge is 0.322 e. The van der Waals surface area contributed by atoms with E-state index in [1.807, 2.05) is 6.92 Å². The number of hydrogen-bond donors (Lipinski definition) is 0. The van der Waals surface area contributed by atoms with Gasteiger partial charge in [-0.3, -0.25) is 9.69 Å². The van der Waals surface area contributed by atoms with E-state index in [0.29, 0.717) is 0 Å². The van der Waals surface area contributed by atoms with Crippen molar-refractivity contribution in [3.63, 3.8) is 0 Å². The lowest BCUT2D eigenvalue weighted by Gasteiger charge is -2.38. The molecule has 1 heterocycles. The van der Waals surface area contributed by atoms with Gasteiger partial charge in [0.25, 0.3) is 0 Å². The van der Waals surface area contributed by atoms with E-state index >= 15 is 0 Å². The second kappa shape index (κ2) is 6.02. The number of benzene rings is 1. The van der Waals surface area contributed by atoms with Crippen molar-refractivity contribution < 1.29 is 13.9 Å². The first-order valence-electron chi connectivity index (χ1n) is 6.44. The average molecular weight is 266 g/mol. The molecule has 1 fully saturated rings. The van der Waals surface area contributed by atoms with E-state index in [4.69, 9.17) is 4.74 Å². The van der Waals surface area contributed by atoms with Crippen LogP contribution in [-0.4, -0.2) is 50.2 Å². The lowest BCUT2D eigenvalue weighted by Crippen LogP contribution is -2.52. The lowest BCUT2D eigenvalue weighted by atomic mass is 10.2. The van der Waals surface area contributed by atoms with Gasteiger partial charge in [0, 0.05) is 31.9 Å². The van der Waals surface area contributed by atoms with Crippen molar-refractivity contribution >= 4 is 11.7 Å². The van der Waals surface area contributed by atoms with Crippen molar-refractivity contribution in [1.29, 1.82) is 0 Å². The topological polar surface area (TPSA) is 32.8 Å². The van der Waals surface area contributed by atoms with Gasteiger partial charge in [-0.25, -0.2) is 4.39 Å². The first-order valence-corrected chi connectivity index (χ1v) is 6.44. The molecule has 0 aromatic heterocycles. The highest BCUT2D eigenvalue weighted by Crippen LogP contribution is 2.17. The predicted octanol–water partition coefficient (Wildman–Crippen LogP) is 1.51. The van der Waals surface area contributed by atoms with E-state index in [2.05, 4.69) is 9.80 Å². The zero-order valence-electron chi connectivity index (χ0n) is 11.3. The number of nitrogens with zero attached hydrogens (tertiary/aromatic N) is 2. The molecule has 5 heteroatoms. The number of anilines is 1. The molecule has 0 amide bonds. The zero-order chi connectivity index (χ0) is 13.8. The zero-order valence-corrected chi connectivity index (χ0v) is 11.3. The number of carbonyl (C=O) groups excluding carboxylic acids is 1. The summed E-state index contributed by atoms with van der Waals surface area (Å²) in [7, 11) is 1.41. The molecule has 0 bridgehead atoms. The van der Waals surface area contributed by atoms with Crippen LogP contribution in [-0.2, 0) is 9.53 Å². The Labute approximate surface area is 112 Å². The third-order valence-electron chi connectivity index (χ3n) is 3.60. The van der Waals surface area contributed by atoms with Crippen LogP contribution >= 0.6 is 0 Å². The van der Waals surface area contributed by atoms with Crippen LogP contribution in [0.4, 0.5) is 10.1 Å². The van der Waals surface area contributed by atoms with Crippen LogP contribution in [0.3, 0.4) is 0 Å². The van der Waals surface area contributed by atoms with Crippen molar-refractivity contribution in [1.82, 2.24) is 4.90 Å². The third kappa shape index (κ3) is 3.23. The number of halogens is 1. The number of hydrogen-bond acceptors (Lipinski definition) is 4. The Balaban J connectivity index is 1.92. The number of piperazine rings is 1. The SMILES string of the molecule is COC(=O)C(C)N1CCN(c2ccc(F)cc2)CC1. The van der Waals surface area contributed by atoms with E-state index < -0.39 is 0 Å². The molecule has 1 aromatic carbocycles. The van der Waals surface area contributed by atoms with Gasteiger partial charge in [0.15, 0.2) is 0 Å². The molecule has 1 atom stereocenters. The first-order chi connectivity index (χ1) is 9.11. The molecule has 0 N–H and O–H groups in total. The fraction of sp³-hybridized carbons (Fsp3) is 0.500. The highest BCUT2D eigenvalue weighted by molar-refractivity contribution is 5.75. The minimum absolute atomic E-state index is 0.199. The Morgan fingerprint density at radius 3 is 2.32 bits per heavy atom. The molecule has 19 heavy (non-hydrogen) atoms. The summed E-state index contributed by atoms with van der Waals surface area (Å²) >= 11 is 0. The quantitative estimate of drug-likeness (QED) is 0.776. The molecule has 0 aliphatic carbocycles. The molecular formula is C14H19FN2O2. The Hall–Kier alpha value is -1.62. The van der Waals surface area contributed by atoms with E-state index in [-0.39, 0.29) is 17.8 Å². The number of carbonyl (C=O) groups is 1. The summed E-state index contributed by atoms with van der Waals surface area (Å²) in [4.78, 5) is 15.8. The molecule has 0 saturated carbocycles. The summed E-state index contributed by atoms with van der Waals surface area (Å²) in [5.41, 5.74) is 1.02. The maximum absolute atomic E-state index is 12.9. The molecule has 0 radical (unpaired) electrons. The maximum Gasteiger partial charge on any atom is 0.322 e. The molecule has 1 saturated heterocycles. The maximum atomic E-state index is 12.9. The molecular weight excluding hydrogens is 247 g/mol. The summed E-state index contributed by atoms with van der Waals surface area (Å²) in [6.45, 7) is 5.11. The van der Waals surface area contributed by atoms with Crippen molar-refractivity contribution in [2.75, 3.05) is 38.2 Å². The minimum Gasteiger partial charge on any atom is -0.468 e. The highest BCUT2D eigenvalue weighted by Gasteiger charge is 2.26. The van der Waals surface area contributed by atoms with Crippen LogP contribution < -0.4 is 4.90 Å². The monoisotopic (exact) mass is 266 g/mol. The Bertz CT molecular complexity index is 428. The van der Waals surface area contributed by atoms with Gasteiger partial charge in [-0.15, -0.1) is 0 Å². The average Bonchev–Trinajstić information content (AvgIpc) is 2.46. The standard InChI is InChI=1S/C14H19FN2O2/c1-11(14(18)19-2)16-7-9-17(10-8-16)13-5-3-12(15)4-6-13/h3-6,11H,7-10H2,1-2H3. The third-order valence-corrected chi connectivity index (χ3v) is 3.60. The van der Waals surface area contributed by atoms with Gasteiger partial charge in [0.1, 0.15) is 11.9 Å².